The predicted octanol–water partition coefficient (Wildman–Crippen LogP) is 3.92. The van der Waals surface area contributed by atoms with E-state index in [0.717, 1.165) is 0 Å². The van der Waals surface area contributed by atoms with Crippen molar-refractivity contribution in [1.29, 1.82) is 0 Å². The standard InChI is InChI=1S/C24H28O7/c1-6-14-12-17(25)15-8-9-18(28-7-2)16(19(15)30-14)13-29-21(27)24-11-10-23(5,20(26)31-24)22(24,3)4/h8-9,12H,6-7,10-11,13H2,1-5H3. The van der Waals surface area contributed by atoms with E-state index in [9.17, 15) is 14.4 Å². The number of rotatable bonds is 6. The maximum Gasteiger partial charge on any atom is 0.351 e. The summed E-state index contributed by atoms with van der Waals surface area (Å²) in [5, 5.41) is 0.394. The third kappa shape index (κ3) is 2.82. The van der Waals surface area contributed by atoms with E-state index in [4.69, 9.17) is 18.6 Å². The molecule has 7 nitrogen and oxygen atoms in total. The Balaban J connectivity index is 1.71. The maximum atomic E-state index is 13.3. The summed E-state index contributed by atoms with van der Waals surface area (Å²) in [5.74, 6) is 0.0744. The first kappa shape index (κ1) is 21.4. The lowest BCUT2D eigenvalue weighted by molar-refractivity contribution is -0.184. The van der Waals surface area contributed by atoms with Crippen molar-refractivity contribution in [2.75, 3.05) is 6.61 Å². The van der Waals surface area contributed by atoms with E-state index in [-0.39, 0.29) is 18.0 Å². The summed E-state index contributed by atoms with van der Waals surface area (Å²) >= 11 is 0. The molecule has 1 saturated heterocycles. The van der Waals surface area contributed by atoms with Gasteiger partial charge in [0.05, 0.1) is 23.0 Å². The first-order chi connectivity index (χ1) is 14.6. The molecule has 2 aromatic rings. The molecule has 0 radical (unpaired) electrons. The van der Waals surface area contributed by atoms with E-state index in [0.29, 0.717) is 53.9 Å². The van der Waals surface area contributed by atoms with Crippen LogP contribution >= 0.6 is 0 Å². The molecular formula is C24H28O7. The van der Waals surface area contributed by atoms with E-state index in [1.807, 2.05) is 34.6 Å². The zero-order chi connectivity index (χ0) is 22.6. The Labute approximate surface area is 180 Å². The summed E-state index contributed by atoms with van der Waals surface area (Å²) in [7, 11) is 0. The quantitative estimate of drug-likeness (QED) is 0.644. The SMILES string of the molecule is CCOc1ccc2c(=O)cc(CC)oc2c1COC(=O)C12CCC(C)(C(=O)O1)C2(C)C. The van der Waals surface area contributed by atoms with Crippen molar-refractivity contribution in [1.82, 2.24) is 0 Å². The lowest BCUT2D eigenvalue weighted by Gasteiger charge is -2.34. The van der Waals surface area contributed by atoms with Crippen molar-refractivity contribution < 1.29 is 28.2 Å². The number of carbonyl (C=O) groups is 2. The summed E-state index contributed by atoms with van der Waals surface area (Å²) < 4.78 is 23.0. The number of aryl methyl sites for hydroxylation is 1. The third-order valence-corrected chi connectivity index (χ3v) is 7.42. The van der Waals surface area contributed by atoms with E-state index in [2.05, 4.69) is 0 Å². The van der Waals surface area contributed by atoms with Gasteiger partial charge in [0, 0.05) is 17.9 Å². The summed E-state index contributed by atoms with van der Waals surface area (Å²) in [6.07, 6.45) is 1.54. The van der Waals surface area contributed by atoms with Gasteiger partial charge in [-0.2, -0.15) is 0 Å². The number of fused-ring (bicyclic) bond motifs is 3. The van der Waals surface area contributed by atoms with E-state index in [1.165, 1.54) is 6.07 Å². The van der Waals surface area contributed by atoms with Gasteiger partial charge in [0.25, 0.3) is 0 Å². The fourth-order valence-electron chi connectivity index (χ4n) is 4.86. The second kappa shape index (κ2) is 7.11. The van der Waals surface area contributed by atoms with Gasteiger partial charge in [-0.25, -0.2) is 4.79 Å². The van der Waals surface area contributed by atoms with Crippen molar-refractivity contribution in [3.63, 3.8) is 0 Å². The van der Waals surface area contributed by atoms with Crippen molar-refractivity contribution in [2.24, 2.45) is 10.8 Å². The highest BCUT2D eigenvalue weighted by molar-refractivity contribution is 5.93. The zero-order valence-corrected chi connectivity index (χ0v) is 18.6. The van der Waals surface area contributed by atoms with E-state index in [1.54, 1.807) is 12.1 Å². The molecule has 2 atom stereocenters. The van der Waals surface area contributed by atoms with Crippen LogP contribution in [0.4, 0.5) is 0 Å². The smallest absolute Gasteiger partial charge is 0.351 e. The van der Waals surface area contributed by atoms with Gasteiger partial charge in [-0.1, -0.05) is 20.8 Å². The molecule has 0 amide bonds. The molecule has 1 aromatic heterocycles. The molecule has 2 unspecified atom stereocenters. The Kier molecular flexibility index (Phi) is 4.91. The van der Waals surface area contributed by atoms with Crippen LogP contribution in [-0.4, -0.2) is 24.1 Å². The highest BCUT2D eigenvalue weighted by Crippen LogP contribution is 2.65. The molecule has 2 bridgehead atoms. The average molecular weight is 428 g/mol. The minimum atomic E-state index is -1.31. The molecule has 1 aromatic carbocycles. The van der Waals surface area contributed by atoms with Crippen LogP contribution < -0.4 is 10.2 Å². The van der Waals surface area contributed by atoms with Gasteiger partial charge in [-0.3, -0.25) is 9.59 Å². The molecular weight excluding hydrogens is 400 g/mol. The van der Waals surface area contributed by atoms with Crippen LogP contribution in [0.25, 0.3) is 11.0 Å². The molecule has 1 saturated carbocycles. The van der Waals surface area contributed by atoms with Gasteiger partial charge in [-0.05, 0) is 38.8 Å². The predicted molar refractivity (Wildman–Crippen MR) is 113 cm³/mol. The minimum Gasteiger partial charge on any atom is -0.493 e. The van der Waals surface area contributed by atoms with Gasteiger partial charge in [0.15, 0.2) is 5.43 Å². The van der Waals surface area contributed by atoms with Crippen LogP contribution in [0, 0.1) is 10.8 Å². The molecule has 2 heterocycles. The highest BCUT2D eigenvalue weighted by atomic mass is 16.6. The summed E-state index contributed by atoms with van der Waals surface area (Å²) in [5.41, 5.74) is -2.06. The van der Waals surface area contributed by atoms with Crippen LogP contribution in [0.1, 0.15) is 58.8 Å². The summed E-state index contributed by atoms with van der Waals surface area (Å²) in [4.78, 5) is 38.3. The Bertz CT molecular complexity index is 1130. The van der Waals surface area contributed by atoms with Crippen LogP contribution in [0.15, 0.2) is 27.4 Å². The fraction of sp³-hybridized carbons (Fsp3) is 0.542. The number of hydrogen-bond acceptors (Lipinski definition) is 7. The van der Waals surface area contributed by atoms with Crippen molar-refractivity contribution >= 4 is 22.9 Å². The second-order valence-electron chi connectivity index (χ2n) is 9.03. The summed E-state index contributed by atoms with van der Waals surface area (Å²) in [6.45, 7) is 9.58. The Morgan fingerprint density at radius 2 is 1.87 bits per heavy atom. The minimum absolute atomic E-state index is 0.159. The van der Waals surface area contributed by atoms with E-state index < -0.39 is 22.4 Å². The molecule has 0 spiro atoms. The molecule has 0 N–H and O–H groups in total. The Hall–Kier alpha value is -2.83. The lowest BCUT2D eigenvalue weighted by atomic mass is 9.66. The maximum absolute atomic E-state index is 13.3. The topological polar surface area (TPSA) is 92.0 Å². The highest BCUT2D eigenvalue weighted by Gasteiger charge is 2.76. The van der Waals surface area contributed by atoms with Crippen molar-refractivity contribution in [2.45, 2.75) is 66.1 Å². The van der Waals surface area contributed by atoms with Gasteiger partial charge in [0.2, 0.25) is 5.60 Å². The Morgan fingerprint density at radius 1 is 1.13 bits per heavy atom. The largest absolute Gasteiger partial charge is 0.493 e. The zero-order valence-electron chi connectivity index (χ0n) is 18.6. The number of esters is 2. The van der Waals surface area contributed by atoms with Crippen LogP contribution in [-0.2, 0) is 32.1 Å². The molecule has 2 aliphatic rings. The monoisotopic (exact) mass is 428 g/mol. The molecule has 166 valence electrons. The summed E-state index contributed by atoms with van der Waals surface area (Å²) in [6, 6.07) is 4.80. The van der Waals surface area contributed by atoms with Crippen LogP contribution in [0.2, 0.25) is 0 Å². The molecule has 31 heavy (non-hydrogen) atoms. The molecule has 1 aliphatic carbocycles. The molecule has 2 fully saturated rings. The molecule has 7 heteroatoms. The number of hydrogen-bond donors (Lipinski definition) is 0. The second-order valence-corrected chi connectivity index (χ2v) is 9.03. The number of ether oxygens (including phenoxy) is 3. The number of benzene rings is 1. The van der Waals surface area contributed by atoms with Crippen molar-refractivity contribution in [3.8, 4) is 5.75 Å². The van der Waals surface area contributed by atoms with E-state index >= 15 is 0 Å². The van der Waals surface area contributed by atoms with Crippen LogP contribution in [0.3, 0.4) is 0 Å². The van der Waals surface area contributed by atoms with Gasteiger partial charge < -0.3 is 18.6 Å². The lowest BCUT2D eigenvalue weighted by Crippen LogP contribution is -2.48. The first-order valence-corrected chi connectivity index (χ1v) is 10.7. The molecule has 4 rings (SSSR count). The third-order valence-electron chi connectivity index (χ3n) is 7.42. The van der Waals surface area contributed by atoms with Crippen molar-refractivity contribution in [3.05, 3.63) is 39.7 Å². The average Bonchev–Trinajstić information content (AvgIpc) is 3.03. The van der Waals surface area contributed by atoms with Gasteiger partial charge in [0.1, 0.15) is 23.7 Å². The normalized spacial score (nSPS) is 26.2. The Morgan fingerprint density at radius 3 is 2.45 bits per heavy atom. The van der Waals surface area contributed by atoms with Gasteiger partial charge in [-0.15, -0.1) is 0 Å². The molecule has 1 aliphatic heterocycles. The van der Waals surface area contributed by atoms with Gasteiger partial charge >= 0.3 is 11.9 Å². The number of carbonyl (C=O) groups excluding carboxylic acids is 2. The first-order valence-electron chi connectivity index (χ1n) is 10.7. The van der Waals surface area contributed by atoms with Crippen LogP contribution in [0.5, 0.6) is 5.75 Å². The fourth-order valence-corrected chi connectivity index (χ4v) is 4.86.